The van der Waals surface area contributed by atoms with E-state index >= 15 is 0 Å². The molecule has 3 fully saturated rings. The summed E-state index contributed by atoms with van der Waals surface area (Å²) < 4.78 is 43.0. The van der Waals surface area contributed by atoms with E-state index in [0.717, 1.165) is 56.3 Å². The molecule has 408 valence electrons. The number of amides is 4. The van der Waals surface area contributed by atoms with Crippen LogP contribution >= 0.6 is 0 Å². The molecule has 5 aliphatic heterocycles. The van der Waals surface area contributed by atoms with Crippen LogP contribution in [0.1, 0.15) is 116 Å². The summed E-state index contributed by atoms with van der Waals surface area (Å²) in [5, 5.41) is -0.181. The molecule has 1 spiro atoms. The van der Waals surface area contributed by atoms with E-state index in [1.807, 2.05) is 11.1 Å². The Morgan fingerprint density at radius 3 is 1.96 bits per heavy atom. The number of piperidine rings is 1. The highest BCUT2D eigenvalue weighted by molar-refractivity contribution is 6.74. The minimum Gasteiger partial charge on any atom is -0.493 e. The molecule has 1 saturated carbocycles. The number of nitrogens with zero attached hydrogens (tertiary/aromatic N) is 5. The zero-order valence-electron chi connectivity index (χ0n) is 45.8. The van der Waals surface area contributed by atoms with E-state index in [1.54, 1.807) is 29.2 Å². The molecule has 2 saturated heterocycles. The Morgan fingerprint density at radius 1 is 0.789 bits per heavy atom. The number of carbonyl (C=O) groups excluding carboxylic acids is 4. The first-order valence-corrected chi connectivity index (χ1v) is 29.9. The van der Waals surface area contributed by atoms with Gasteiger partial charge in [0.15, 0.2) is 37.5 Å². The Hall–Kier alpha value is -6.30. The largest absolute Gasteiger partial charge is 0.493 e. The first-order chi connectivity index (χ1) is 36.4. The van der Waals surface area contributed by atoms with Gasteiger partial charge in [0.05, 0.1) is 68.6 Å². The second kappa shape index (κ2) is 22.3. The first-order valence-electron chi connectivity index (χ1n) is 27.0. The van der Waals surface area contributed by atoms with Gasteiger partial charge in [0.25, 0.3) is 11.8 Å². The van der Waals surface area contributed by atoms with Gasteiger partial charge in [-0.3, -0.25) is 14.5 Å². The fraction of sp³-hybridized carbons (Fsp3) is 0.525. The smallest absolute Gasteiger partial charge is 0.416 e. The molecule has 3 aromatic rings. The van der Waals surface area contributed by atoms with Crippen LogP contribution in [0.2, 0.25) is 18.1 Å². The van der Waals surface area contributed by atoms with Gasteiger partial charge in [0, 0.05) is 24.9 Å². The molecule has 4 amide bonds. The van der Waals surface area contributed by atoms with Crippen LogP contribution in [0, 0.1) is 5.41 Å². The highest BCUT2D eigenvalue weighted by Crippen LogP contribution is 2.58. The molecule has 6 aliphatic rings. The number of likely N-dealkylation sites (tertiary alicyclic amines) is 1. The Labute approximate surface area is 449 Å². The van der Waals surface area contributed by atoms with Crippen molar-refractivity contribution in [3.8, 4) is 23.0 Å². The quantitative estimate of drug-likeness (QED) is 0.0678. The SMILES string of the molecule is C=CCOC(=O)N1C[C@@H]2CC(c3ccc(C4CCN(C)CC4)cc3)=CN2C(=O)c2cc(OC)c(OCCCCCOc3cc4c(cc3OC)C(=O)N3CC5(CC5)C[C@H]3C(O[Si](C)(C)C(C)(C)C)N4C(=O)OCC=C)cc21. The maximum atomic E-state index is 14.7. The minimum atomic E-state index is -2.53. The van der Waals surface area contributed by atoms with Gasteiger partial charge in [0.1, 0.15) is 13.2 Å². The molecule has 0 aromatic heterocycles. The number of rotatable bonds is 18. The third-order valence-corrected chi connectivity index (χ3v) is 21.2. The second-order valence-corrected chi connectivity index (χ2v) is 27.7. The molecule has 0 radical (unpaired) electrons. The van der Waals surface area contributed by atoms with Gasteiger partial charge in [0.2, 0.25) is 0 Å². The number of hydrogen-bond acceptors (Lipinski definition) is 12. The second-order valence-electron chi connectivity index (χ2n) is 22.9. The summed E-state index contributed by atoms with van der Waals surface area (Å²) >= 11 is 0. The normalized spacial score (nSPS) is 21.2. The summed E-state index contributed by atoms with van der Waals surface area (Å²) in [6.07, 6.45) is 10.6. The lowest BCUT2D eigenvalue weighted by Crippen LogP contribution is -2.58. The average molecular weight is 1060 g/mol. The third kappa shape index (κ3) is 11.1. The number of carbonyl (C=O) groups is 4. The maximum absolute atomic E-state index is 14.7. The third-order valence-electron chi connectivity index (χ3n) is 16.8. The molecular formula is C59H77N5O11Si. The highest BCUT2D eigenvalue weighted by Gasteiger charge is 2.60. The summed E-state index contributed by atoms with van der Waals surface area (Å²) in [6, 6.07) is 14.8. The molecule has 9 rings (SSSR count). The Bertz CT molecular complexity index is 2730. The van der Waals surface area contributed by atoms with Crippen LogP contribution in [-0.4, -0.2) is 139 Å². The zero-order chi connectivity index (χ0) is 54.1. The molecule has 1 unspecified atom stereocenters. The van der Waals surface area contributed by atoms with Crippen LogP contribution in [0.4, 0.5) is 21.0 Å². The van der Waals surface area contributed by atoms with Gasteiger partial charge in [-0.15, -0.1) is 0 Å². The van der Waals surface area contributed by atoms with Crippen LogP contribution < -0.4 is 28.7 Å². The molecule has 5 heterocycles. The van der Waals surface area contributed by atoms with Crippen molar-refractivity contribution in [2.45, 2.75) is 121 Å². The Balaban J connectivity index is 0.885. The lowest BCUT2D eigenvalue weighted by atomic mass is 9.88. The monoisotopic (exact) mass is 1060 g/mol. The van der Waals surface area contributed by atoms with Crippen LogP contribution in [0.15, 0.2) is 80.0 Å². The van der Waals surface area contributed by atoms with E-state index in [0.29, 0.717) is 96.9 Å². The van der Waals surface area contributed by atoms with Crippen LogP contribution in [0.5, 0.6) is 23.0 Å². The summed E-state index contributed by atoms with van der Waals surface area (Å²) in [5.74, 6) is 1.62. The van der Waals surface area contributed by atoms with E-state index in [-0.39, 0.29) is 54.1 Å². The van der Waals surface area contributed by atoms with E-state index in [9.17, 15) is 19.2 Å². The highest BCUT2D eigenvalue weighted by atomic mass is 28.4. The van der Waals surface area contributed by atoms with E-state index < -0.39 is 26.7 Å². The van der Waals surface area contributed by atoms with Gasteiger partial charge < -0.3 is 47.5 Å². The summed E-state index contributed by atoms with van der Waals surface area (Å²) in [6.45, 7) is 21.9. The summed E-state index contributed by atoms with van der Waals surface area (Å²) in [4.78, 5) is 66.4. The molecule has 0 N–H and O–H groups in total. The minimum absolute atomic E-state index is 0.0119. The molecule has 3 atom stereocenters. The van der Waals surface area contributed by atoms with Gasteiger partial charge in [-0.1, -0.05) is 70.3 Å². The first kappa shape index (κ1) is 54.5. The van der Waals surface area contributed by atoms with Gasteiger partial charge in [-0.2, -0.15) is 0 Å². The van der Waals surface area contributed by atoms with E-state index in [1.165, 1.54) is 41.7 Å². The number of fused-ring (bicyclic) bond motifs is 4. The van der Waals surface area contributed by atoms with Crippen molar-refractivity contribution < 1.29 is 52.0 Å². The van der Waals surface area contributed by atoms with Gasteiger partial charge in [-0.25, -0.2) is 14.5 Å². The number of ether oxygens (including phenoxy) is 6. The molecule has 16 nitrogen and oxygen atoms in total. The number of methoxy groups -OCH3 is 2. The lowest BCUT2D eigenvalue weighted by Gasteiger charge is -2.44. The van der Waals surface area contributed by atoms with Crippen molar-refractivity contribution in [2.24, 2.45) is 5.41 Å². The van der Waals surface area contributed by atoms with Crippen LogP contribution in [-0.2, 0) is 13.9 Å². The molecule has 3 aromatic carbocycles. The fourth-order valence-electron chi connectivity index (χ4n) is 11.1. The van der Waals surface area contributed by atoms with Crippen molar-refractivity contribution in [3.05, 3.63) is 102 Å². The predicted molar refractivity (Wildman–Crippen MR) is 295 cm³/mol. The van der Waals surface area contributed by atoms with E-state index in [4.69, 9.17) is 32.8 Å². The summed E-state index contributed by atoms with van der Waals surface area (Å²) in [5.41, 5.74) is 4.80. The summed E-state index contributed by atoms with van der Waals surface area (Å²) in [7, 11) is 2.71. The maximum Gasteiger partial charge on any atom is 0.416 e. The Morgan fingerprint density at radius 2 is 1.38 bits per heavy atom. The average Bonchev–Trinajstić information content (AvgIpc) is 4.01. The number of unbranched alkanes of at least 4 members (excludes halogenated alkanes) is 2. The molecule has 17 heteroatoms. The molecular weight excluding hydrogens is 983 g/mol. The lowest BCUT2D eigenvalue weighted by molar-refractivity contribution is 0.0528. The van der Waals surface area contributed by atoms with Crippen molar-refractivity contribution in [1.82, 2.24) is 14.7 Å². The topological polar surface area (TPSA) is 149 Å². The zero-order valence-corrected chi connectivity index (χ0v) is 46.8. The van der Waals surface area contributed by atoms with Crippen molar-refractivity contribution in [3.63, 3.8) is 0 Å². The predicted octanol–water partition coefficient (Wildman–Crippen LogP) is 11.0. The van der Waals surface area contributed by atoms with Crippen LogP contribution in [0.3, 0.4) is 0 Å². The molecule has 1 aliphatic carbocycles. The van der Waals surface area contributed by atoms with Crippen LogP contribution in [0.25, 0.3) is 5.57 Å². The van der Waals surface area contributed by atoms with Gasteiger partial charge in [-0.05, 0) is 136 Å². The molecule has 0 bridgehead atoms. The fourth-order valence-corrected chi connectivity index (χ4v) is 12.4. The number of hydrogen-bond donors (Lipinski definition) is 0. The van der Waals surface area contributed by atoms with Crippen molar-refractivity contribution >= 4 is 49.3 Å². The standard InChI is InChI=1S/C59H77N5O11Si/c1-11-26-73-56(67)62-37-43-30-42(40-18-16-39(17-19-40)41-20-24-60(6)25-21-41)36-61(43)53(65)44-31-49(69-7)51(33-46(44)62)71-28-14-13-15-29-72-52-34-47-45(32-50(52)70-8)54(66)63-38-59(22-23-59)35-48(63)55(64(47)57(68)74-27-12-2)75-76(9,10)58(3,4)5/h11-12,16-19,31-34,36,41,43,48,55H,1-2,13-15,20-30,35,37-38H2,3-10H3/t43-,48-,55?/m0/s1. The van der Waals surface area contributed by atoms with E-state index in [2.05, 4.69) is 83.2 Å². The molecule has 76 heavy (non-hydrogen) atoms. The van der Waals surface area contributed by atoms with Crippen molar-refractivity contribution in [1.29, 1.82) is 0 Å². The Kier molecular flexibility index (Phi) is 16.0. The van der Waals surface area contributed by atoms with Gasteiger partial charge >= 0.3 is 12.2 Å². The number of anilines is 2. The van der Waals surface area contributed by atoms with Crippen molar-refractivity contribution in [2.75, 3.05) is 83.7 Å². The number of benzene rings is 3.